The molecule has 2 rings (SSSR count). The minimum Gasteiger partial charge on any atom is -0.495 e. The lowest BCUT2D eigenvalue weighted by atomic mass is 10.1. The molecule has 1 saturated heterocycles. The average molecular weight is 384 g/mol. The van der Waals surface area contributed by atoms with Crippen molar-refractivity contribution in [1.29, 1.82) is 0 Å². The van der Waals surface area contributed by atoms with Gasteiger partial charge in [-0.1, -0.05) is 13.8 Å². The number of hydrogen-bond donors (Lipinski definition) is 0. The zero-order valence-electron chi connectivity index (χ0n) is 16.1. The smallest absolute Gasteiger partial charge is 0.254 e. The maximum absolute atomic E-state index is 12.9. The van der Waals surface area contributed by atoms with Crippen molar-refractivity contribution in [3.63, 3.8) is 0 Å². The molecule has 0 saturated carbocycles. The number of carbonyl (C=O) groups is 1. The van der Waals surface area contributed by atoms with E-state index in [1.54, 1.807) is 24.8 Å². The SMILES string of the molecule is CCN(CC)S(=O)(=O)c1cc(C(=O)N2CC(C)OC(C)C2)ccc1OC. The molecule has 0 spiro atoms. The molecule has 1 aromatic rings. The van der Waals surface area contributed by atoms with E-state index in [1.807, 2.05) is 13.8 Å². The molecule has 2 atom stereocenters. The number of ether oxygens (including phenoxy) is 2. The van der Waals surface area contributed by atoms with Crippen LogP contribution in [0.3, 0.4) is 0 Å². The van der Waals surface area contributed by atoms with Crippen LogP contribution in [0.25, 0.3) is 0 Å². The van der Waals surface area contributed by atoms with Gasteiger partial charge in [-0.3, -0.25) is 4.79 Å². The number of hydrogen-bond acceptors (Lipinski definition) is 5. The monoisotopic (exact) mass is 384 g/mol. The Labute approximate surface area is 155 Å². The van der Waals surface area contributed by atoms with Crippen molar-refractivity contribution < 1.29 is 22.7 Å². The van der Waals surface area contributed by atoms with E-state index in [1.165, 1.54) is 23.5 Å². The van der Waals surface area contributed by atoms with Gasteiger partial charge in [0.25, 0.3) is 5.91 Å². The van der Waals surface area contributed by atoms with Crippen molar-refractivity contribution in [2.45, 2.75) is 44.8 Å². The van der Waals surface area contributed by atoms with Gasteiger partial charge in [0, 0.05) is 31.7 Å². The van der Waals surface area contributed by atoms with Crippen LogP contribution in [0.4, 0.5) is 0 Å². The molecule has 1 fully saturated rings. The second-order valence-electron chi connectivity index (χ2n) is 6.42. The molecule has 0 bridgehead atoms. The van der Waals surface area contributed by atoms with Gasteiger partial charge >= 0.3 is 0 Å². The maximum atomic E-state index is 12.9. The molecule has 0 aliphatic carbocycles. The molecule has 0 aromatic heterocycles. The van der Waals surface area contributed by atoms with Crippen LogP contribution in [-0.4, -0.2) is 69.0 Å². The van der Waals surface area contributed by atoms with Crippen molar-refractivity contribution >= 4 is 15.9 Å². The fraction of sp³-hybridized carbons (Fsp3) is 0.611. The highest BCUT2D eigenvalue weighted by molar-refractivity contribution is 7.89. The Hall–Kier alpha value is -1.64. The quantitative estimate of drug-likeness (QED) is 0.750. The Balaban J connectivity index is 2.42. The van der Waals surface area contributed by atoms with Gasteiger partial charge in [0.2, 0.25) is 10.0 Å². The summed E-state index contributed by atoms with van der Waals surface area (Å²) in [5.74, 6) is 0.0304. The highest BCUT2D eigenvalue weighted by Gasteiger charge is 2.30. The second-order valence-corrected chi connectivity index (χ2v) is 8.33. The zero-order chi connectivity index (χ0) is 19.5. The van der Waals surface area contributed by atoms with Crippen molar-refractivity contribution in [3.05, 3.63) is 23.8 Å². The number of sulfonamides is 1. The van der Waals surface area contributed by atoms with Crippen LogP contribution in [-0.2, 0) is 14.8 Å². The lowest BCUT2D eigenvalue weighted by Crippen LogP contribution is -2.48. The highest BCUT2D eigenvalue weighted by Crippen LogP contribution is 2.28. The fourth-order valence-corrected chi connectivity index (χ4v) is 4.88. The first kappa shape index (κ1) is 20.7. The summed E-state index contributed by atoms with van der Waals surface area (Å²) in [7, 11) is -2.32. The molecule has 1 aromatic carbocycles. The summed E-state index contributed by atoms with van der Waals surface area (Å²) < 4.78 is 38.1. The molecule has 0 radical (unpaired) electrons. The topological polar surface area (TPSA) is 76.2 Å². The molecule has 146 valence electrons. The molecule has 7 nitrogen and oxygen atoms in total. The van der Waals surface area contributed by atoms with Crippen molar-refractivity contribution in [2.75, 3.05) is 33.3 Å². The summed E-state index contributed by atoms with van der Waals surface area (Å²) in [6.45, 7) is 9.04. The number of nitrogens with zero attached hydrogens (tertiary/aromatic N) is 2. The Morgan fingerprint density at radius 3 is 2.31 bits per heavy atom. The largest absolute Gasteiger partial charge is 0.495 e. The number of rotatable bonds is 6. The summed E-state index contributed by atoms with van der Waals surface area (Å²) in [5.41, 5.74) is 0.331. The van der Waals surface area contributed by atoms with Gasteiger partial charge in [0.05, 0.1) is 19.3 Å². The first-order valence-electron chi connectivity index (χ1n) is 8.87. The minimum atomic E-state index is -3.74. The molecular formula is C18H28N2O5S. The summed E-state index contributed by atoms with van der Waals surface area (Å²) in [6, 6.07) is 4.56. The maximum Gasteiger partial charge on any atom is 0.254 e. The van der Waals surface area contributed by atoms with Gasteiger partial charge < -0.3 is 14.4 Å². The van der Waals surface area contributed by atoms with Gasteiger partial charge in [-0.25, -0.2) is 8.42 Å². The number of benzene rings is 1. The van der Waals surface area contributed by atoms with Crippen molar-refractivity contribution in [2.24, 2.45) is 0 Å². The molecule has 1 heterocycles. The summed E-state index contributed by atoms with van der Waals surface area (Å²) >= 11 is 0. The van der Waals surface area contributed by atoms with Crippen molar-refractivity contribution in [3.8, 4) is 5.75 Å². The molecule has 1 amide bonds. The molecule has 1 aliphatic rings. The second kappa shape index (κ2) is 8.37. The molecule has 26 heavy (non-hydrogen) atoms. The van der Waals surface area contributed by atoms with E-state index in [-0.39, 0.29) is 28.8 Å². The predicted octanol–water partition coefficient (Wildman–Crippen LogP) is 1.98. The van der Waals surface area contributed by atoms with E-state index < -0.39 is 10.0 Å². The third-order valence-corrected chi connectivity index (χ3v) is 6.51. The third kappa shape index (κ3) is 4.19. The number of morpholine rings is 1. The normalized spacial score (nSPS) is 21.1. The molecular weight excluding hydrogens is 356 g/mol. The fourth-order valence-electron chi connectivity index (χ4n) is 3.24. The molecule has 0 N–H and O–H groups in total. The lowest BCUT2D eigenvalue weighted by molar-refractivity contribution is -0.0586. The van der Waals surface area contributed by atoms with Crippen LogP contribution < -0.4 is 4.74 Å². The number of methoxy groups -OCH3 is 1. The first-order valence-corrected chi connectivity index (χ1v) is 10.3. The predicted molar refractivity (Wildman–Crippen MR) is 99.0 cm³/mol. The van der Waals surface area contributed by atoms with Crippen LogP contribution in [0.15, 0.2) is 23.1 Å². The standard InChI is InChI=1S/C18H28N2O5S/c1-6-20(7-2)26(22,23)17-10-15(8-9-16(17)24-5)18(21)19-11-13(3)25-14(4)12-19/h8-10,13-14H,6-7,11-12H2,1-5H3. The van der Waals surface area contributed by atoms with Gasteiger partial charge in [-0.05, 0) is 32.0 Å². The Morgan fingerprint density at radius 2 is 1.81 bits per heavy atom. The zero-order valence-corrected chi connectivity index (χ0v) is 16.9. The van der Waals surface area contributed by atoms with E-state index >= 15 is 0 Å². The Bertz CT molecular complexity index is 736. The van der Waals surface area contributed by atoms with Crippen LogP contribution in [0, 0.1) is 0 Å². The lowest BCUT2D eigenvalue weighted by Gasteiger charge is -2.35. The number of amides is 1. The van der Waals surface area contributed by atoms with Crippen LogP contribution in [0.5, 0.6) is 5.75 Å². The minimum absolute atomic E-state index is 0.0175. The van der Waals surface area contributed by atoms with Gasteiger partial charge in [0.1, 0.15) is 10.6 Å². The van der Waals surface area contributed by atoms with E-state index in [2.05, 4.69) is 0 Å². The molecule has 8 heteroatoms. The van der Waals surface area contributed by atoms with E-state index in [4.69, 9.17) is 9.47 Å². The highest BCUT2D eigenvalue weighted by atomic mass is 32.2. The first-order chi connectivity index (χ1) is 12.2. The van der Waals surface area contributed by atoms with Gasteiger partial charge in [0.15, 0.2) is 0 Å². The number of carbonyl (C=O) groups excluding carboxylic acids is 1. The Morgan fingerprint density at radius 1 is 1.23 bits per heavy atom. The van der Waals surface area contributed by atoms with Crippen LogP contribution in [0.1, 0.15) is 38.1 Å². The van der Waals surface area contributed by atoms with Crippen LogP contribution >= 0.6 is 0 Å². The van der Waals surface area contributed by atoms with E-state index in [0.29, 0.717) is 31.7 Å². The summed E-state index contributed by atoms with van der Waals surface area (Å²) in [4.78, 5) is 14.6. The summed E-state index contributed by atoms with van der Waals surface area (Å²) in [5, 5.41) is 0. The Kier molecular flexibility index (Phi) is 6.65. The van der Waals surface area contributed by atoms with Crippen molar-refractivity contribution in [1.82, 2.24) is 9.21 Å². The van der Waals surface area contributed by atoms with Gasteiger partial charge in [-0.15, -0.1) is 0 Å². The van der Waals surface area contributed by atoms with Crippen LogP contribution in [0.2, 0.25) is 0 Å². The molecule has 1 aliphatic heterocycles. The van der Waals surface area contributed by atoms with E-state index in [0.717, 1.165) is 0 Å². The third-order valence-electron chi connectivity index (χ3n) is 4.44. The molecule has 2 unspecified atom stereocenters. The van der Waals surface area contributed by atoms with E-state index in [9.17, 15) is 13.2 Å². The average Bonchev–Trinajstić information content (AvgIpc) is 2.60. The summed E-state index contributed by atoms with van der Waals surface area (Å²) in [6.07, 6.45) is -0.111. The van der Waals surface area contributed by atoms with Gasteiger partial charge in [-0.2, -0.15) is 4.31 Å².